The number of carbonyl (C=O) groups is 1. The van der Waals surface area contributed by atoms with Gasteiger partial charge < -0.3 is 0 Å². The zero-order chi connectivity index (χ0) is 24.4. The second-order valence-electron chi connectivity index (χ2n) is 8.39. The van der Waals surface area contributed by atoms with Crippen molar-refractivity contribution < 1.29 is 4.79 Å². The first-order chi connectivity index (χ1) is 17.0. The van der Waals surface area contributed by atoms with E-state index in [1.165, 1.54) is 16.6 Å². The molecule has 2 aromatic heterocycles. The minimum atomic E-state index is -0.282. The van der Waals surface area contributed by atoms with E-state index in [2.05, 4.69) is 10.5 Å². The number of hydrogen-bond acceptors (Lipinski definition) is 6. The quantitative estimate of drug-likeness (QED) is 0.156. The number of nitrogens with one attached hydrogen (secondary N) is 1. The van der Waals surface area contributed by atoms with Gasteiger partial charge in [0.1, 0.15) is 4.83 Å². The molecule has 0 saturated carbocycles. The minimum absolute atomic E-state index is 0.0677. The summed E-state index contributed by atoms with van der Waals surface area (Å²) in [5.74, 6) is -0.206. The number of thiophene rings is 1. The Morgan fingerprint density at radius 2 is 1.91 bits per heavy atom. The summed E-state index contributed by atoms with van der Waals surface area (Å²) in [6.07, 6.45) is 5.71. The number of aryl methyl sites for hydroxylation is 3. The zero-order valence-corrected chi connectivity index (χ0v) is 21.5. The van der Waals surface area contributed by atoms with Crippen LogP contribution in [-0.4, -0.2) is 27.4 Å². The summed E-state index contributed by atoms with van der Waals surface area (Å²) in [4.78, 5) is 33.1. The van der Waals surface area contributed by atoms with E-state index in [1.54, 1.807) is 34.3 Å². The number of carbonyl (C=O) groups excluding carboxylic acids is 1. The standard InChI is InChI=1S/C26H23ClN4O2S2/c1-16-6-12-19(13-7-16)31-25(33)23-20-4-2-3-5-21(20)35-24(23)29-26(31)34-15-22(32)30-28-14-17-8-10-18(27)11-9-17/h6-14H,2-5,15H2,1H3,(H,30,32)/b28-14-. The van der Waals surface area contributed by atoms with Crippen LogP contribution in [-0.2, 0) is 17.6 Å². The third-order valence-corrected chi connectivity index (χ3v) is 8.23. The Bertz CT molecular complexity index is 1470. The van der Waals surface area contributed by atoms with E-state index in [-0.39, 0.29) is 17.2 Å². The molecule has 6 nitrogen and oxygen atoms in total. The Morgan fingerprint density at radius 3 is 2.69 bits per heavy atom. The maximum atomic E-state index is 13.7. The van der Waals surface area contributed by atoms with E-state index in [0.29, 0.717) is 10.2 Å². The van der Waals surface area contributed by atoms with Crippen molar-refractivity contribution in [3.05, 3.63) is 85.5 Å². The predicted molar refractivity (Wildman–Crippen MR) is 145 cm³/mol. The number of hydrazone groups is 1. The molecule has 1 amide bonds. The van der Waals surface area contributed by atoms with Gasteiger partial charge in [0.05, 0.1) is 23.0 Å². The Hall–Kier alpha value is -2.94. The fourth-order valence-electron chi connectivity index (χ4n) is 4.09. The number of halogens is 1. The molecular weight excluding hydrogens is 500 g/mol. The first kappa shape index (κ1) is 23.8. The summed E-state index contributed by atoms with van der Waals surface area (Å²) in [7, 11) is 0. The Labute approximate surface area is 216 Å². The van der Waals surface area contributed by atoms with E-state index >= 15 is 0 Å². The van der Waals surface area contributed by atoms with Gasteiger partial charge in [0, 0.05) is 9.90 Å². The number of thioether (sulfide) groups is 1. The van der Waals surface area contributed by atoms with Crippen LogP contribution >= 0.6 is 34.7 Å². The van der Waals surface area contributed by atoms with Crippen LogP contribution in [0.5, 0.6) is 0 Å². The molecule has 2 aromatic carbocycles. The Kier molecular flexibility index (Phi) is 7.04. The molecule has 2 heterocycles. The van der Waals surface area contributed by atoms with E-state index in [1.807, 2.05) is 43.3 Å². The number of aromatic nitrogens is 2. The minimum Gasteiger partial charge on any atom is -0.272 e. The lowest BCUT2D eigenvalue weighted by Crippen LogP contribution is -2.24. The molecule has 5 rings (SSSR count). The number of benzene rings is 2. The van der Waals surface area contributed by atoms with E-state index in [9.17, 15) is 9.59 Å². The van der Waals surface area contributed by atoms with Crippen molar-refractivity contribution in [1.82, 2.24) is 15.0 Å². The van der Waals surface area contributed by atoms with Crippen molar-refractivity contribution in [3.8, 4) is 5.69 Å². The molecule has 178 valence electrons. The van der Waals surface area contributed by atoms with Crippen LogP contribution in [0.25, 0.3) is 15.9 Å². The SMILES string of the molecule is Cc1ccc(-n2c(SCC(=O)N/N=C\c3ccc(Cl)cc3)nc3sc4c(c3c2=O)CCCC4)cc1. The molecule has 9 heteroatoms. The van der Waals surface area contributed by atoms with E-state index in [0.717, 1.165) is 58.3 Å². The lowest BCUT2D eigenvalue weighted by Gasteiger charge is -2.13. The summed E-state index contributed by atoms with van der Waals surface area (Å²) >= 11 is 8.73. The number of amides is 1. The second-order valence-corrected chi connectivity index (χ2v) is 10.9. The maximum Gasteiger partial charge on any atom is 0.267 e. The summed E-state index contributed by atoms with van der Waals surface area (Å²) in [5.41, 5.74) is 6.30. The molecule has 0 saturated heterocycles. The largest absolute Gasteiger partial charge is 0.272 e. The first-order valence-corrected chi connectivity index (χ1v) is 13.5. The van der Waals surface area contributed by atoms with Crippen LogP contribution in [0.15, 0.2) is 63.6 Å². The molecule has 0 bridgehead atoms. The zero-order valence-electron chi connectivity index (χ0n) is 19.1. The van der Waals surface area contributed by atoms with Crippen LogP contribution in [0.2, 0.25) is 5.02 Å². The molecule has 35 heavy (non-hydrogen) atoms. The summed E-state index contributed by atoms with van der Waals surface area (Å²) in [6, 6.07) is 14.9. The highest BCUT2D eigenvalue weighted by Gasteiger charge is 2.23. The van der Waals surface area contributed by atoms with Crippen LogP contribution < -0.4 is 11.0 Å². The molecule has 1 aliphatic rings. The third-order valence-electron chi connectivity index (χ3n) is 5.86. The molecule has 1 N–H and O–H groups in total. The Morgan fingerprint density at radius 1 is 1.17 bits per heavy atom. The van der Waals surface area contributed by atoms with Crippen molar-refractivity contribution in [2.24, 2.45) is 5.10 Å². The predicted octanol–water partition coefficient (Wildman–Crippen LogP) is 5.53. The highest BCUT2D eigenvalue weighted by molar-refractivity contribution is 7.99. The van der Waals surface area contributed by atoms with Crippen LogP contribution in [0, 0.1) is 6.92 Å². The molecule has 0 unspecified atom stereocenters. The van der Waals surface area contributed by atoms with Crippen molar-refractivity contribution in [3.63, 3.8) is 0 Å². The molecule has 4 aromatic rings. The van der Waals surface area contributed by atoms with Crippen LogP contribution in [0.1, 0.15) is 34.4 Å². The fourth-order valence-corrected chi connectivity index (χ4v) is 6.33. The lowest BCUT2D eigenvalue weighted by atomic mass is 9.97. The molecule has 0 spiro atoms. The Balaban J connectivity index is 1.42. The fraction of sp³-hybridized carbons (Fsp3) is 0.231. The number of rotatable bonds is 6. The van der Waals surface area contributed by atoms with Gasteiger partial charge in [-0.2, -0.15) is 5.10 Å². The van der Waals surface area contributed by atoms with Crippen molar-refractivity contribution in [1.29, 1.82) is 0 Å². The highest BCUT2D eigenvalue weighted by atomic mass is 35.5. The normalized spacial score (nSPS) is 13.3. The van der Waals surface area contributed by atoms with Gasteiger partial charge in [-0.15, -0.1) is 11.3 Å². The van der Waals surface area contributed by atoms with Crippen LogP contribution in [0.4, 0.5) is 0 Å². The van der Waals surface area contributed by atoms with Gasteiger partial charge >= 0.3 is 0 Å². The number of fused-ring (bicyclic) bond motifs is 3. The van der Waals surface area contributed by atoms with Gasteiger partial charge in [0.2, 0.25) is 0 Å². The average molecular weight is 523 g/mol. The molecule has 0 atom stereocenters. The highest BCUT2D eigenvalue weighted by Crippen LogP contribution is 2.35. The van der Waals surface area contributed by atoms with E-state index in [4.69, 9.17) is 16.6 Å². The van der Waals surface area contributed by atoms with Gasteiger partial charge in [-0.05, 0) is 68.0 Å². The molecular formula is C26H23ClN4O2S2. The van der Waals surface area contributed by atoms with Crippen LogP contribution in [0.3, 0.4) is 0 Å². The molecule has 0 fully saturated rings. The van der Waals surface area contributed by atoms with Gasteiger partial charge in [0.15, 0.2) is 5.16 Å². The number of nitrogens with zero attached hydrogens (tertiary/aromatic N) is 3. The molecule has 0 radical (unpaired) electrons. The first-order valence-electron chi connectivity index (χ1n) is 11.3. The van der Waals surface area contributed by atoms with E-state index < -0.39 is 0 Å². The van der Waals surface area contributed by atoms with Crippen molar-refractivity contribution in [2.75, 3.05) is 5.75 Å². The summed E-state index contributed by atoms with van der Waals surface area (Å²) in [6.45, 7) is 2.01. The molecule has 0 aliphatic heterocycles. The second kappa shape index (κ2) is 10.4. The molecule has 1 aliphatic carbocycles. The monoisotopic (exact) mass is 522 g/mol. The maximum absolute atomic E-state index is 13.7. The lowest BCUT2D eigenvalue weighted by molar-refractivity contribution is -0.118. The van der Waals surface area contributed by atoms with Crippen molar-refractivity contribution in [2.45, 2.75) is 37.8 Å². The van der Waals surface area contributed by atoms with Gasteiger partial charge in [-0.1, -0.05) is 53.2 Å². The topological polar surface area (TPSA) is 76.3 Å². The third kappa shape index (κ3) is 5.19. The summed E-state index contributed by atoms with van der Waals surface area (Å²) < 4.78 is 1.64. The average Bonchev–Trinajstić information content (AvgIpc) is 3.23. The van der Waals surface area contributed by atoms with Gasteiger partial charge in [0.25, 0.3) is 11.5 Å². The van der Waals surface area contributed by atoms with Gasteiger partial charge in [-0.25, -0.2) is 10.4 Å². The smallest absolute Gasteiger partial charge is 0.267 e. The van der Waals surface area contributed by atoms with Gasteiger partial charge in [-0.3, -0.25) is 14.2 Å². The van der Waals surface area contributed by atoms with Crippen molar-refractivity contribution >= 4 is 57.0 Å². The number of hydrogen-bond donors (Lipinski definition) is 1. The summed E-state index contributed by atoms with van der Waals surface area (Å²) in [5, 5.41) is 5.88.